The lowest BCUT2D eigenvalue weighted by Crippen LogP contribution is -2.17. The highest BCUT2D eigenvalue weighted by Gasteiger charge is 2.30. The first kappa shape index (κ1) is 12.5. The Morgan fingerprint density at radius 2 is 1.78 bits per heavy atom. The molecule has 1 heterocycles. The van der Waals surface area contributed by atoms with Crippen LogP contribution in [0.5, 0.6) is 5.75 Å². The standard InChI is InChI=1S/C13H12F3NO/c1-10-3-2-8-17(10)9-11-4-6-12(7-5-11)18-13(14,15)16/h2-8H,9H2,1H3. The fourth-order valence-electron chi connectivity index (χ4n) is 1.67. The van der Waals surface area contributed by atoms with E-state index < -0.39 is 6.36 Å². The van der Waals surface area contributed by atoms with Crippen LogP contribution < -0.4 is 4.74 Å². The van der Waals surface area contributed by atoms with Gasteiger partial charge in [-0.3, -0.25) is 0 Å². The van der Waals surface area contributed by atoms with Gasteiger partial charge in [0.2, 0.25) is 0 Å². The van der Waals surface area contributed by atoms with Crippen molar-refractivity contribution in [3.05, 3.63) is 53.9 Å². The van der Waals surface area contributed by atoms with Crippen molar-refractivity contribution in [2.24, 2.45) is 0 Å². The molecule has 1 aromatic carbocycles. The maximum Gasteiger partial charge on any atom is 0.573 e. The average Bonchev–Trinajstić information content (AvgIpc) is 2.65. The molecule has 0 saturated carbocycles. The van der Waals surface area contributed by atoms with Gasteiger partial charge in [0.25, 0.3) is 0 Å². The van der Waals surface area contributed by atoms with E-state index in [0.717, 1.165) is 11.3 Å². The molecule has 0 aliphatic heterocycles. The van der Waals surface area contributed by atoms with Gasteiger partial charge in [-0.25, -0.2) is 0 Å². The zero-order chi connectivity index (χ0) is 13.2. The lowest BCUT2D eigenvalue weighted by molar-refractivity contribution is -0.274. The summed E-state index contributed by atoms with van der Waals surface area (Å²) in [6.45, 7) is 2.60. The predicted molar refractivity (Wildman–Crippen MR) is 61.4 cm³/mol. The van der Waals surface area contributed by atoms with Gasteiger partial charge in [-0.15, -0.1) is 13.2 Å². The topological polar surface area (TPSA) is 14.2 Å². The molecule has 18 heavy (non-hydrogen) atoms. The van der Waals surface area contributed by atoms with E-state index >= 15 is 0 Å². The molecule has 2 aromatic rings. The third-order valence-corrected chi connectivity index (χ3v) is 2.57. The van der Waals surface area contributed by atoms with E-state index in [1.807, 2.05) is 29.8 Å². The summed E-state index contributed by atoms with van der Waals surface area (Å²) in [5.41, 5.74) is 2.02. The lowest BCUT2D eigenvalue weighted by Gasteiger charge is -2.10. The Morgan fingerprint density at radius 1 is 1.11 bits per heavy atom. The Kier molecular flexibility index (Phi) is 3.32. The maximum absolute atomic E-state index is 12.0. The molecule has 0 aliphatic rings. The normalized spacial score (nSPS) is 11.6. The van der Waals surface area contributed by atoms with Crippen molar-refractivity contribution < 1.29 is 17.9 Å². The summed E-state index contributed by atoms with van der Waals surface area (Å²) >= 11 is 0. The largest absolute Gasteiger partial charge is 0.573 e. The van der Waals surface area contributed by atoms with E-state index in [1.54, 1.807) is 12.1 Å². The number of halogens is 3. The van der Waals surface area contributed by atoms with E-state index in [1.165, 1.54) is 12.1 Å². The number of alkyl halides is 3. The Hall–Kier alpha value is -1.91. The molecule has 0 amide bonds. The molecule has 0 saturated heterocycles. The number of aryl methyl sites for hydroxylation is 1. The number of rotatable bonds is 3. The van der Waals surface area contributed by atoms with Crippen LogP contribution in [0.25, 0.3) is 0 Å². The summed E-state index contributed by atoms with van der Waals surface area (Å²) in [4.78, 5) is 0. The maximum atomic E-state index is 12.0. The van der Waals surface area contributed by atoms with Gasteiger partial charge in [0.05, 0.1) is 0 Å². The van der Waals surface area contributed by atoms with Crippen LogP contribution in [0.3, 0.4) is 0 Å². The second kappa shape index (κ2) is 4.76. The molecule has 2 nitrogen and oxygen atoms in total. The molecule has 0 spiro atoms. The molecule has 96 valence electrons. The van der Waals surface area contributed by atoms with Gasteiger partial charge in [-0.1, -0.05) is 12.1 Å². The van der Waals surface area contributed by atoms with Crippen LogP contribution in [0.15, 0.2) is 42.6 Å². The number of nitrogens with zero attached hydrogens (tertiary/aromatic N) is 1. The second-order valence-corrected chi connectivity index (χ2v) is 3.97. The average molecular weight is 255 g/mol. The molecule has 0 fully saturated rings. The SMILES string of the molecule is Cc1cccn1Cc1ccc(OC(F)(F)F)cc1. The summed E-state index contributed by atoms with van der Waals surface area (Å²) in [6.07, 6.45) is -2.71. The van der Waals surface area contributed by atoms with Crippen LogP contribution in [-0.2, 0) is 6.54 Å². The van der Waals surface area contributed by atoms with Gasteiger partial charge >= 0.3 is 6.36 Å². The van der Waals surface area contributed by atoms with Crippen LogP contribution >= 0.6 is 0 Å². The molecule has 0 N–H and O–H groups in total. The first-order chi connectivity index (χ1) is 8.44. The molecule has 0 unspecified atom stereocenters. The summed E-state index contributed by atoms with van der Waals surface area (Å²) in [6, 6.07) is 9.79. The van der Waals surface area contributed by atoms with Crippen molar-refractivity contribution >= 4 is 0 Å². The number of benzene rings is 1. The molecule has 0 bridgehead atoms. The van der Waals surface area contributed by atoms with Gasteiger partial charge in [-0.2, -0.15) is 0 Å². The van der Waals surface area contributed by atoms with Gasteiger partial charge in [0.15, 0.2) is 0 Å². The number of hydrogen-bond acceptors (Lipinski definition) is 1. The summed E-state index contributed by atoms with van der Waals surface area (Å²) in [7, 11) is 0. The molecular weight excluding hydrogens is 243 g/mol. The van der Waals surface area contributed by atoms with E-state index in [-0.39, 0.29) is 5.75 Å². The van der Waals surface area contributed by atoms with Gasteiger partial charge in [-0.05, 0) is 36.8 Å². The Balaban J connectivity index is 2.06. The summed E-state index contributed by atoms with van der Waals surface area (Å²) in [5.74, 6) is -0.199. The van der Waals surface area contributed by atoms with Crippen LogP contribution in [0, 0.1) is 6.92 Å². The Morgan fingerprint density at radius 3 is 2.28 bits per heavy atom. The zero-order valence-electron chi connectivity index (χ0n) is 9.74. The molecular formula is C13H12F3NO. The van der Waals surface area contributed by atoms with Crippen molar-refractivity contribution in [1.29, 1.82) is 0 Å². The minimum atomic E-state index is -4.64. The van der Waals surface area contributed by atoms with Gasteiger partial charge in [0, 0.05) is 18.4 Å². The fourth-order valence-corrected chi connectivity index (χ4v) is 1.67. The molecule has 1 aromatic heterocycles. The van der Waals surface area contributed by atoms with Crippen LogP contribution in [0.4, 0.5) is 13.2 Å². The third kappa shape index (κ3) is 3.29. The number of aromatic nitrogens is 1. The number of hydrogen-bond donors (Lipinski definition) is 0. The van der Waals surface area contributed by atoms with Crippen molar-refractivity contribution in [2.45, 2.75) is 19.8 Å². The minimum absolute atomic E-state index is 0.199. The summed E-state index contributed by atoms with van der Waals surface area (Å²) < 4.78 is 41.7. The monoisotopic (exact) mass is 255 g/mol. The van der Waals surface area contributed by atoms with Crippen LogP contribution in [-0.4, -0.2) is 10.9 Å². The minimum Gasteiger partial charge on any atom is -0.406 e. The highest BCUT2D eigenvalue weighted by molar-refractivity contribution is 5.28. The molecule has 2 rings (SSSR count). The highest BCUT2D eigenvalue weighted by Crippen LogP contribution is 2.23. The summed E-state index contributed by atoms with van der Waals surface area (Å²) in [5, 5.41) is 0. The van der Waals surface area contributed by atoms with E-state index in [0.29, 0.717) is 6.54 Å². The van der Waals surface area contributed by atoms with Gasteiger partial charge in [0.1, 0.15) is 5.75 Å². The first-order valence-electron chi connectivity index (χ1n) is 5.40. The van der Waals surface area contributed by atoms with E-state index in [2.05, 4.69) is 4.74 Å². The fraction of sp³-hybridized carbons (Fsp3) is 0.231. The van der Waals surface area contributed by atoms with Crippen molar-refractivity contribution in [3.8, 4) is 5.75 Å². The van der Waals surface area contributed by atoms with E-state index in [4.69, 9.17) is 0 Å². The smallest absolute Gasteiger partial charge is 0.406 e. The van der Waals surface area contributed by atoms with Crippen LogP contribution in [0.1, 0.15) is 11.3 Å². The quantitative estimate of drug-likeness (QED) is 0.814. The first-order valence-corrected chi connectivity index (χ1v) is 5.40. The van der Waals surface area contributed by atoms with E-state index in [9.17, 15) is 13.2 Å². The lowest BCUT2D eigenvalue weighted by atomic mass is 10.2. The molecule has 0 aliphatic carbocycles. The Bertz CT molecular complexity index is 514. The van der Waals surface area contributed by atoms with Crippen molar-refractivity contribution in [3.63, 3.8) is 0 Å². The second-order valence-electron chi connectivity index (χ2n) is 3.97. The van der Waals surface area contributed by atoms with Crippen molar-refractivity contribution in [2.75, 3.05) is 0 Å². The molecule has 0 radical (unpaired) electrons. The van der Waals surface area contributed by atoms with Gasteiger partial charge < -0.3 is 9.30 Å². The third-order valence-electron chi connectivity index (χ3n) is 2.57. The Labute approximate surface area is 103 Å². The predicted octanol–water partition coefficient (Wildman–Crippen LogP) is 3.74. The highest BCUT2D eigenvalue weighted by atomic mass is 19.4. The molecule has 5 heteroatoms. The van der Waals surface area contributed by atoms with Crippen LogP contribution in [0.2, 0.25) is 0 Å². The number of ether oxygens (including phenoxy) is 1. The molecule has 0 atom stereocenters. The van der Waals surface area contributed by atoms with Crippen molar-refractivity contribution in [1.82, 2.24) is 4.57 Å². The zero-order valence-corrected chi connectivity index (χ0v) is 9.74.